The summed E-state index contributed by atoms with van der Waals surface area (Å²) in [6, 6.07) is 8.87. The van der Waals surface area contributed by atoms with Gasteiger partial charge < -0.3 is 11.1 Å². The average molecular weight is 389 g/mol. The van der Waals surface area contributed by atoms with Gasteiger partial charge in [-0.1, -0.05) is 17.7 Å². The van der Waals surface area contributed by atoms with Gasteiger partial charge in [0.05, 0.1) is 5.69 Å². The second kappa shape index (κ2) is 8.44. The minimum Gasteiger partial charge on any atom is -0.348 e. The van der Waals surface area contributed by atoms with Gasteiger partial charge in [0.25, 0.3) is 5.91 Å². The maximum Gasteiger partial charge on any atom is 0.272 e. The lowest BCUT2D eigenvalue weighted by Crippen LogP contribution is -2.40. The van der Waals surface area contributed by atoms with E-state index in [2.05, 4.69) is 36.5 Å². The van der Waals surface area contributed by atoms with Crippen molar-refractivity contribution < 1.29 is 4.79 Å². The smallest absolute Gasteiger partial charge is 0.272 e. The highest BCUT2D eigenvalue weighted by molar-refractivity contribution is 5.94. The molecule has 1 aromatic heterocycles. The van der Waals surface area contributed by atoms with E-state index in [1.807, 2.05) is 4.68 Å². The van der Waals surface area contributed by atoms with E-state index in [4.69, 9.17) is 10.8 Å². The molecular formula is C21H29ClN4O. The molecule has 6 heteroatoms. The molecule has 1 amide bonds. The van der Waals surface area contributed by atoms with Crippen LogP contribution in [-0.2, 0) is 12.8 Å². The second-order valence-corrected chi connectivity index (χ2v) is 7.81. The molecule has 2 aliphatic rings. The van der Waals surface area contributed by atoms with Crippen molar-refractivity contribution in [3.8, 4) is 5.69 Å². The molecule has 0 atom stereocenters. The molecule has 2 aromatic rings. The summed E-state index contributed by atoms with van der Waals surface area (Å²) in [5, 5.41) is 7.96. The van der Waals surface area contributed by atoms with Gasteiger partial charge in [-0.15, -0.1) is 12.4 Å². The Morgan fingerprint density at radius 3 is 2.48 bits per heavy atom. The van der Waals surface area contributed by atoms with Gasteiger partial charge in [0, 0.05) is 23.3 Å². The number of carbonyl (C=O) groups excluding carboxylic acids is 1. The van der Waals surface area contributed by atoms with Gasteiger partial charge in [-0.3, -0.25) is 4.79 Å². The number of nitrogens with zero attached hydrogens (tertiary/aromatic N) is 2. The first-order valence-corrected chi connectivity index (χ1v) is 9.86. The summed E-state index contributed by atoms with van der Waals surface area (Å²) in [6.45, 7) is 2.08. The summed E-state index contributed by atoms with van der Waals surface area (Å²) >= 11 is 0. The van der Waals surface area contributed by atoms with Gasteiger partial charge in [-0.2, -0.15) is 5.10 Å². The second-order valence-electron chi connectivity index (χ2n) is 7.81. The van der Waals surface area contributed by atoms with Crippen LogP contribution < -0.4 is 11.1 Å². The van der Waals surface area contributed by atoms with Crippen molar-refractivity contribution in [1.82, 2.24) is 15.1 Å². The Hall–Kier alpha value is -1.85. The van der Waals surface area contributed by atoms with E-state index in [1.165, 1.54) is 11.3 Å². The zero-order valence-electron chi connectivity index (χ0n) is 15.9. The first kappa shape index (κ1) is 19.9. The predicted molar refractivity (Wildman–Crippen MR) is 110 cm³/mol. The third kappa shape index (κ3) is 4.19. The normalized spacial score (nSPS) is 21.9. The lowest BCUT2D eigenvalue weighted by atomic mass is 9.91. The number of amides is 1. The van der Waals surface area contributed by atoms with Crippen LogP contribution in [-0.4, -0.2) is 27.8 Å². The monoisotopic (exact) mass is 388 g/mol. The Labute approximate surface area is 167 Å². The van der Waals surface area contributed by atoms with E-state index in [9.17, 15) is 4.79 Å². The summed E-state index contributed by atoms with van der Waals surface area (Å²) in [5.41, 5.74) is 11.2. The first-order valence-electron chi connectivity index (χ1n) is 9.86. The number of rotatable bonds is 3. The number of halogens is 1. The molecule has 0 radical (unpaired) electrons. The molecule has 146 valence electrons. The minimum absolute atomic E-state index is 0. The Bertz CT molecular complexity index is 791. The number of fused-ring (bicyclic) bond motifs is 1. The minimum atomic E-state index is -0.0190. The number of aromatic nitrogens is 2. The van der Waals surface area contributed by atoms with Crippen molar-refractivity contribution in [2.75, 3.05) is 0 Å². The molecule has 3 N–H and O–H groups in total. The van der Waals surface area contributed by atoms with Crippen molar-refractivity contribution in [1.29, 1.82) is 0 Å². The Morgan fingerprint density at radius 2 is 1.78 bits per heavy atom. The molecule has 4 rings (SSSR count). The van der Waals surface area contributed by atoms with E-state index in [1.54, 1.807) is 0 Å². The molecule has 0 aliphatic heterocycles. The third-order valence-electron chi connectivity index (χ3n) is 5.78. The van der Waals surface area contributed by atoms with Crippen molar-refractivity contribution in [2.45, 2.75) is 70.4 Å². The van der Waals surface area contributed by atoms with E-state index >= 15 is 0 Å². The van der Waals surface area contributed by atoms with Gasteiger partial charge in [0.1, 0.15) is 0 Å². The fraction of sp³-hybridized carbons (Fsp3) is 0.524. The molecule has 0 bridgehead atoms. The van der Waals surface area contributed by atoms with E-state index in [-0.39, 0.29) is 30.4 Å². The van der Waals surface area contributed by atoms with Gasteiger partial charge in [-0.25, -0.2) is 4.68 Å². The van der Waals surface area contributed by atoms with Crippen LogP contribution in [0.3, 0.4) is 0 Å². The van der Waals surface area contributed by atoms with Gasteiger partial charge >= 0.3 is 0 Å². The molecule has 0 spiro atoms. The van der Waals surface area contributed by atoms with E-state index < -0.39 is 0 Å². The standard InChI is InChI=1S/C21H28N4O.ClH/c1-14-6-12-17(13-7-14)25-19-5-3-2-4-18(19)20(24-25)21(26)23-16-10-8-15(22)9-11-16;/h6-7,12-13,15-16H,2-5,8-11,22H2,1H3,(H,23,26);1H. The molecule has 1 aromatic carbocycles. The predicted octanol–water partition coefficient (Wildman–Crippen LogP) is 3.48. The van der Waals surface area contributed by atoms with Crippen LogP contribution in [0.2, 0.25) is 0 Å². The van der Waals surface area contributed by atoms with Crippen LogP contribution in [0, 0.1) is 6.92 Å². The molecule has 1 saturated carbocycles. The maximum atomic E-state index is 12.9. The van der Waals surface area contributed by atoms with Crippen molar-refractivity contribution in [2.24, 2.45) is 5.73 Å². The van der Waals surface area contributed by atoms with Crippen LogP contribution in [0.25, 0.3) is 5.69 Å². The molecule has 2 aliphatic carbocycles. The Balaban J connectivity index is 0.00000210. The van der Waals surface area contributed by atoms with Gasteiger partial charge in [-0.05, 0) is 70.4 Å². The Morgan fingerprint density at radius 1 is 1.11 bits per heavy atom. The number of nitrogens with two attached hydrogens (primary N) is 1. The molecule has 27 heavy (non-hydrogen) atoms. The lowest BCUT2D eigenvalue weighted by Gasteiger charge is -2.26. The number of benzene rings is 1. The number of aryl methyl sites for hydroxylation is 1. The lowest BCUT2D eigenvalue weighted by molar-refractivity contribution is 0.0919. The number of hydrogen-bond acceptors (Lipinski definition) is 3. The quantitative estimate of drug-likeness (QED) is 0.845. The fourth-order valence-electron chi connectivity index (χ4n) is 4.20. The molecule has 1 heterocycles. The largest absolute Gasteiger partial charge is 0.348 e. The highest BCUT2D eigenvalue weighted by Gasteiger charge is 2.27. The summed E-state index contributed by atoms with van der Waals surface area (Å²) in [7, 11) is 0. The summed E-state index contributed by atoms with van der Waals surface area (Å²) in [5.74, 6) is -0.0190. The molecule has 5 nitrogen and oxygen atoms in total. The SMILES string of the molecule is Cc1ccc(-n2nc(C(=O)NC3CCC(N)CC3)c3c2CCCC3)cc1.Cl. The summed E-state index contributed by atoms with van der Waals surface area (Å²) in [6.07, 6.45) is 8.13. The van der Waals surface area contributed by atoms with Crippen LogP contribution in [0.5, 0.6) is 0 Å². The van der Waals surface area contributed by atoms with Crippen LogP contribution in [0.4, 0.5) is 0 Å². The van der Waals surface area contributed by atoms with E-state index in [0.717, 1.165) is 62.6 Å². The van der Waals surface area contributed by atoms with Crippen LogP contribution in [0.15, 0.2) is 24.3 Å². The van der Waals surface area contributed by atoms with Crippen LogP contribution in [0.1, 0.15) is 65.8 Å². The zero-order valence-corrected chi connectivity index (χ0v) is 16.7. The molecular weight excluding hydrogens is 360 g/mol. The van der Waals surface area contributed by atoms with Gasteiger partial charge in [0.2, 0.25) is 0 Å². The Kier molecular flexibility index (Phi) is 6.22. The molecule has 0 saturated heterocycles. The van der Waals surface area contributed by atoms with Gasteiger partial charge in [0.15, 0.2) is 5.69 Å². The molecule has 1 fully saturated rings. The fourth-order valence-corrected chi connectivity index (χ4v) is 4.20. The zero-order chi connectivity index (χ0) is 18.1. The third-order valence-corrected chi connectivity index (χ3v) is 5.78. The number of hydrogen-bond donors (Lipinski definition) is 2. The first-order chi connectivity index (χ1) is 12.6. The maximum absolute atomic E-state index is 12.9. The average Bonchev–Trinajstić information content (AvgIpc) is 3.04. The number of nitrogens with one attached hydrogen (secondary N) is 1. The summed E-state index contributed by atoms with van der Waals surface area (Å²) < 4.78 is 1.99. The van der Waals surface area contributed by atoms with Crippen molar-refractivity contribution >= 4 is 18.3 Å². The van der Waals surface area contributed by atoms with Crippen molar-refractivity contribution in [3.05, 3.63) is 46.8 Å². The number of carbonyl (C=O) groups is 1. The van der Waals surface area contributed by atoms with E-state index in [0.29, 0.717) is 5.69 Å². The highest BCUT2D eigenvalue weighted by atomic mass is 35.5. The topological polar surface area (TPSA) is 72.9 Å². The van der Waals surface area contributed by atoms with Crippen LogP contribution >= 0.6 is 12.4 Å². The van der Waals surface area contributed by atoms with Crippen molar-refractivity contribution in [3.63, 3.8) is 0 Å². The highest BCUT2D eigenvalue weighted by Crippen LogP contribution is 2.27. The molecule has 0 unspecified atom stereocenters. The summed E-state index contributed by atoms with van der Waals surface area (Å²) in [4.78, 5) is 12.9.